The zero-order chi connectivity index (χ0) is 25.6. The lowest BCUT2D eigenvalue weighted by Gasteiger charge is -2.28. The average Bonchev–Trinajstić information content (AvgIpc) is 3.13. The van der Waals surface area contributed by atoms with Crippen LogP contribution in [0.5, 0.6) is 11.5 Å². The van der Waals surface area contributed by atoms with Crippen molar-refractivity contribution >= 4 is 28.8 Å². The second kappa shape index (κ2) is 9.07. The fraction of sp³-hybridized carbons (Fsp3) is 0.241. The molecule has 0 saturated carbocycles. The second-order valence-corrected chi connectivity index (χ2v) is 9.24. The first-order valence-corrected chi connectivity index (χ1v) is 11.8. The molecule has 0 spiro atoms. The summed E-state index contributed by atoms with van der Waals surface area (Å²) in [6.07, 6.45) is 0. The Labute approximate surface area is 210 Å². The van der Waals surface area contributed by atoms with Gasteiger partial charge < -0.3 is 19.5 Å². The number of methoxy groups -OCH3 is 1. The van der Waals surface area contributed by atoms with Crippen molar-refractivity contribution in [1.82, 2.24) is 0 Å². The SMILES string of the molecule is COc1cccc(C2/C(=C(/O)c3ccc4c(c3)N(C)CCO4)C(=O)C(=O)N2c2cc(C)cc(C)c2)c1. The van der Waals surface area contributed by atoms with Crippen molar-refractivity contribution in [3.8, 4) is 11.5 Å². The number of benzene rings is 3. The van der Waals surface area contributed by atoms with E-state index in [-0.39, 0.29) is 11.3 Å². The fourth-order valence-electron chi connectivity index (χ4n) is 4.97. The first-order chi connectivity index (χ1) is 17.3. The van der Waals surface area contributed by atoms with E-state index in [9.17, 15) is 14.7 Å². The Bertz CT molecular complexity index is 1390. The number of Topliss-reactive ketones (excluding diaryl/α,β-unsaturated/α-hetero) is 1. The number of likely N-dealkylation sites (N-methyl/N-ethyl adjacent to an activating group) is 1. The minimum atomic E-state index is -0.827. The Balaban J connectivity index is 1.72. The molecule has 7 heteroatoms. The number of hydrogen-bond donors (Lipinski definition) is 1. The lowest BCUT2D eigenvalue weighted by Crippen LogP contribution is -2.29. The van der Waals surface area contributed by atoms with Gasteiger partial charge in [-0.3, -0.25) is 14.5 Å². The number of amides is 1. The van der Waals surface area contributed by atoms with Crippen LogP contribution in [-0.4, -0.2) is 44.1 Å². The van der Waals surface area contributed by atoms with E-state index >= 15 is 0 Å². The number of hydrogen-bond acceptors (Lipinski definition) is 6. The molecule has 1 saturated heterocycles. The van der Waals surface area contributed by atoms with E-state index in [2.05, 4.69) is 0 Å². The third kappa shape index (κ3) is 3.96. The highest BCUT2D eigenvalue weighted by Crippen LogP contribution is 2.44. The number of aryl methyl sites for hydroxylation is 2. The van der Waals surface area contributed by atoms with Crippen molar-refractivity contribution in [2.24, 2.45) is 0 Å². The Morgan fingerprint density at radius 3 is 2.50 bits per heavy atom. The third-order valence-corrected chi connectivity index (χ3v) is 6.67. The van der Waals surface area contributed by atoms with E-state index < -0.39 is 17.7 Å². The number of anilines is 2. The Morgan fingerprint density at radius 1 is 1.03 bits per heavy atom. The smallest absolute Gasteiger partial charge is 0.300 e. The third-order valence-electron chi connectivity index (χ3n) is 6.67. The van der Waals surface area contributed by atoms with Gasteiger partial charge in [-0.15, -0.1) is 0 Å². The minimum Gasteiger partial charge on any atom is -0.507 e. The van der Waals surface area contributed by atoms with Crippen LogP contribution in [0.2, 0.25) is 0 Å². The van der Waals surface area contributed by atoms with E-state index in [1.165, 1.54) is 4.90 Å². The number of carbonyl (C=O) groups is 2. The number of aliphatic hydroxyl groups excluding tert-OH is 1. The molecule has 0 aromatic heterocycles. The quantitative estimate of drug-likeness (QED) is 0.327. The molecule has 5 rings (SSSR count). The van der Waals surface area contributed by atoms with Crippen molar-refractivity contribution in [1.29, 1.82) is 0 Å². The standard InChI is InChI=1S/C29H28N2O5/c1-17-12-18(2)14-21(13-17)31-26(19-6-5-7-22(15-19)35-4)25(28(33)29(31)34)27(32)20-8-9-24-23(16-20)30(3)10-11-36-24/h5-9,12-16,26,32H,10-11H2,1-4H3/b27-25-. The van der Waals surface area contributed by atoms with Crippen LogP contribution in [0.15, 0.2) is 66.2 Å². The molecule has 184 valence electrons. The van der Waals surface area contributed by atoms with Crippen LogP contribution in [0.3, 0.4) is 0 Å². The number of carbonyl (C=O) groups excluding carboxylic acids is 2. The summed E-state index contributed by atoms with van der Waals surface area (Å²) in [6, 6.07) is 17.4. The van der Waals surface area contributed by atoms with Gasteiger partial charge >= 0.3 is 0 Å². The number of ether oxygens (including phenoxy) is 2. The van der Waals surface area contributed by atoms with E-state index in [0.29, 0.717) is 41.5 Å². The van der Waals surface area contributed by atoms with Gasteiger partial charge in [-0.05, 0) is 73.0 Å². The molecule has 1 fully saturated rings. The highest BCUT2D eigenvalue weighted by Gasteiger charge is 2.47. The normalized spacial score (nSPS) is 18.7. The summed E-state index contributed by atoms with van der Waals surface area (Å²) in [7, 11) is 3.51. The summed E-state index contributed by atoms with van der Waals surface area (Å²) >= 11 is 0. The van der Waals surface area contributed by atoms with Crippen LogP contribution in [0.25, 0.3) is 5.76 Å². The molecule has 2 aliphatic rings. The van der Waals surface area contributed by atoms with Crippen molar-refractivity contribution in [2.75, 3.05) is 37.1 Å². The minimum absolute atomic E-state index is 0.0340. The molecule has 2 aliphatic heterocycles. The van der Waals surface area contributed by atoms with Crippen LogP contribution >= 0.6 is 0 Å². The number of aliphatic hydroxyl groups is 1. The molecule has 1 atom stereocenters. The summed E-state index contributed by atoms with van der Waals surface area (Å²) in [4.78, 5) is 30.5. The number of ketones is 1. The summed E-state index contributed by atoms with van der Waals surface area (Å²) in [5.74, 6) is -0.351. The molecule has 1 N–H and O–H groups in total. The van der Waals surface area contributed by atoms with Crippen LogP contribution in [0, 0.1) is 13.8 Å². The first-order valence-electron chi connectivity index (χ1n) is 11.8. The zero-order valence-electron chi connectivity index (χ0n) is 20.7. The van der Waals surface area contributed by atoms with Crippen LogP contribution in [0.1, 0.15) is 28.3 Å². The summed E-state index contributed by atoms with van der Waals surface area (Å²) in [6.45, 7) is 5.17. The Kier molecular flexibility index (Phi) is 5.92. The first kappa shape index (κ1) is 23.5. The average molecular weight is 485 g/mol. The van der Waals surface area contributed by atoms with Crippen LogP contribution in [0.4, 0.5) is 11.4 Å². The van der Waals surface area contributed by atoms with Gasteiger partial charge in [0.1, 0.15) is 23.9 Å². The molecule has 0 bridgehead atoms. The molecule has 3 aromatic carbocycles. The summed E-state index contributed by atoms with van der Waals surface area (Å²) in [5.41, 5.74) is 4.48. The van der Waals surface area contributed by atoms with Crippen LogP contribution < -0.4 is 19.3 Å². The monoisotopic (exact) mass is 484 g/mol. The predicted molar refractivity (Wildman–Crippen MR) is 139 cm³/mol. The molecule has 1 amide bonds. The molecule has 3 aromatic rings. The van der Waals surface area contributed by atoms with Gasteiger partial charge in [0, 0.05) is 18.3 Å². The maximum absolute atomic E-state index is 13.5. The predicted octanol–water partition coefficient (Wildman–Crippen LogP) is 4.77. The molecule has 7 nitrogen and oxygen atoms in total. The lowest BCUT2D eigenvalue weighted by molar-refractivity contribution is -0.132. The number of fused-ring (bicyclic) bond motifs is 1. The maximum Gasteiger partial charge on any atom is 0.300 e. The van der Waals surface area contributed by atoms with Crippen molar-refractivity contribution in [2.45, 2.75) is 19.9 Å². The van der Waals surface area contributed by atoms with E-state index in [0.717, 1.165) is 16.8 Å². The highest BCUT2D eigenvalue weighted by atomic mass is 16.5. The summed E-state index contributed by atoms with van der Waals surface area (Å²) in [5, 5.41) is 11.5. The largest absolute Gasteiger partial charge is 0.507 e. The van der Waals surface area contributed by atoms with Gasteiger partial charge in [-0.1, -0.05) is 18.2 Å². The second-order valence-electron chi connectivity index (χ2n) is 9.24. The fourth-order valence-corrected chi connectivity index (χ4v) is 4.97. The van der Waals surface area contributed by atoms with Gasteiger partial charge in [0.05, 0.1) is 31.0 Å². The van der Waals surface area contributed by atoms with Gasteiger partial charge in [-0.25, -0.2) is 0 Å². The molecule has 1 unspecified atom stereocenters. The van der Waals surface area contributed by atoms with E-state index in [1.807, 2.05) is 50.1 Å². The molecule has 2 heterocycles. The molecule has 36 heavy (non-hydrogen) atoms. The maximum atomic E-state index is 13.5. The zero-order valence-corrected chi connectivity index (χ0v) is 20.7. The van der Waals surface area contributed by atoms with Gasteiger partial charge in [0.15, 0.2) is 0 Å². The van der Waals surface area contributed by atoms with E-state index in [4.69, 9.17) is 9.47 Å². The topological polar surface area (TPSA) is 79.3 Å². The molecular formula is C29H28N2O5. The Morgan fingerprint density at radius 2 is 1.78 bits per heavy atom. The molecular weight excluding hydrogens is 456 g/mol. The summed E-state index contributed by atoms with van der Waals surface area (Å²) < 4.78 is 11.1. The van der Waals surface area contributed by atoms with Crippen LogP contribution in [-0.2, 0) is 9.59 Å². The highest BCUT2D eigenvalue weighted by molar-refractivity contribution is 6.51. The molecule has 0 aliphatic carbocycles. The number of rotatable bonds is 4. The van der Waals surface area contributed by atoms with Crippen molar-refractivity contribution < 1.29 is 24.2 Å². The Hall–Kier alpha value is -4.26. The van der Waals surface area contributed by atoms with Crippen molar-refractivity contribution in [3.05, 3.63) is 88.5 Å². The lowest BCUT2D eigenvalue weighted by atomic mass is 9.94. The van der Waals surface area contributed by atoms with E-state index in [1.54, 1.807) is 43.5 Å². The molecule has 0 radical (unpaired) electrons. The van der Waals surface area contributed by atoms with Gasteiger partial charge in [0.2, 0.25) is 0 Å². The van der Waals surface area contributed by atoms with Gasteiger partial charge in [0.25, 0.3) is 11.7 Å². The van der Waals surface area contributed by atoms with Gasteiger partial charge in [-0.2, -0.15) is 0 Å². The number of nitrogens with zero attached hydrogens (tertiary/aromatic N) is 2. The van der Waals surface area contributed by atoms with Crippen molar-refractivity contribution in [3.63, 3.8) is 0 Å².